The molecule has 0 aliphatic heterocycles. The molecule has 1 N–H and O–H groups in total. The standard InChI is InChI=1S/C16H24N2O/c1-18(2)15-10-7-13(8-11-15)9-12-16(19)17-14-5-3-4-6-14/h7-8,10-11,14H,3-6,9,12H2,1-2H3,(H,17,19). The van der Waals surface area contributed by atoms with Gasteiger partial charge in [-0.05, 0) is 37.0 Å². The minimum absolute atomic E-state index is 0.198. The number of aryl methyl sites for hydroxylation is 1. The fourth-order valence-corrected chi connectivity index (χ4v) is 2.59. The lowest BCUT2D eigenvalue weighted by Gasteiger charge is -2.13. The fourth-order valence-electron chi connectivity index (χ4n) is 2.59. The Balaban J connectivity index is 1.76. The highest BCUT2D eigenvalue weighted by Crippen LogP contribution is 2.18. The summed E-state index contributed by atoms with van der Waals surface area (Å²) < 4.78 is 0. The molecular formula is C16H24N2O. The van der Waals surface area contributed by atoms with Crippen molar-refractivity contribution in [1.82, 2.24) is 5.32 Å². The summed E-state index contributed by atoms with van der Waals surface area (Å²) in [6.45, 7) is 0. The van der Waals surface area contributed by atoms with Crippen LogP contribution in [-0.4, -0.2) is 26.0 Å². The predicted octanol–water partition coefficient (Wildman–Crippen LogP) is 2.74. The number of benzene rings is 1. The van der Waals surface area contributed by atoms with Gasteiger partial charge in [0.15, 0.2) is 0 Å². The van der Waals surface area contributed by atoms with E-state index in [0.717, 1.165) is 19.3 Å². The van der Waals surface area contributed by atoms with E-state index in [4.69, 9.17) is 0 Å². The van der Waals surface area contributed by atoms with Gasteiger partial charge in [0.1, 0.15) is 0 Å². The molecule has 0 bridgehead atoms. The average molecular weight is 260 g/mol. The molecule has 19 heavy (non-hydrogen) atoms. The van der Waals surface area contributed by atoms with Crippen molar-refractivity contribution in [3.63, 3.8) is 0 Å². The minimum atomic E-state index is 0.198. The van der Waals surface area contributed by atoms with Gasteiger partial charge in [0, 0.05) is 32.2 Å². The smallest absolute Gasteiger partial charge is 0.220 e. The summed E-state index contributed by atoms with van der Waals surface area (Å²) >= 11 is 0. The average Bonchev–Trinajstić information content (AvgIpc) is 2.89. The van der Waals surface area contributed by atoms with Crippen molar-refractivity contribution < 1.29 is 4.79 Å². The highest BCUT2D eigenvalue weighted by Gasteiger charge is 2.16. The van der Waals surface area contributed by atoms with Crippen molar-refractivity contribution >= 4 is 11.6 Å². The van der Waals surface area contributed by atoms with Crippen molar-refractivity contribution in [3.05, 3.63) is 29.8 Å². The van der Waals surface area contributed by atoms with Crippen LogP contribution in [0.2, 0.25) is 0 Å². The van der Waals surface area contributed by atoms with E-state index in [1.54, 1.807) is 0 Å². The van der Waals surface area contributed by atoms with E-state index < -0.39 is 0 Å². The van der Waals surface area contributed by atoms with Gasteiger partial charge in [-0.3, -0.25) is 4.79 Å². The molecule has 0 atom stereocenters. The van der Waals surface area contributed by atoms with Gasteiger partial charge in [0.2, 0.25) is 5.91 Å². The van der Waals surface area contributed by atoms with E-state index in [0.29, 0.717) is 12.5 Å². The third-order valence-corrected chi connectivity index (χ3v) is 3.81. The highest BCUT2D eigenvalue weighted by molar-refractivity contribution is 5.76. The second kappa shape index (κ2) is 6.60. The Hall–Kier alpha value is -1.51. The first kappa shape index (κ1) is 13.9. The van der Waals surface area contributed by atoms with Gasteiger partial charge < -0.3 is 10.2 Å². The molecule has 1 aliphatic carbocycles. The number of rotatable bonds is 5. The van der Waals surface area contributed by atoms with Crippen molar-refractivity contribution in [2.75, 3.05) is 19.0 Å². The van der Waals surface area contributed by atoms with E-state index in [1.165, 1.54) is 24.1 Å². The number of hydrogen-bond donors (Lipinski definition) is 1. The van der Waals surface area contributed by atoms with Crippen LogP contribution in [0.3, 0.4) is 0 Å². The van der Waals surface area contributed by atoms with Gasteiger partial charge in [0.05, 0.1) is 0 Å². The van der Waals surface area contributed by atoms with Crippen LogP contribution in [0.15, 0.2) is 24.3 Å². The second-order valence-electron chi connectivity index (χ2n) is 5.61. The molecule has 104 valence electrons. The summed E-state index contributed by atoms with van der Waals surface area (Å²) in [4.78, 5) is 13.9. The molecule has 3 heteroatoms. The zero-order valence-electron chi connectivity index (χ0n) is 12.0. The summed E-state index contributed by atoms with van der Waals surface area (Å²) in [5.41, 5.74) is 2.42. The Kier molecular flexibility index (Phi) is 4.83. The number of amides is 1. The zero-order valence-corrected chi connectivity index (χ0v) is 12.0. The van der Waals surface area contributed by atoms with Crippen LogP contribution in [0, 0.1) is 0 Å². The van der Waals surface area contributed by atoms with Crippen LogP contribution in [0.5, 0.6) is 0 Å². The van der Waals surface area contributed by atoms with E-state index >= 15 is 0 Å². The van der Waals surface area contributed by atoms with Crippen LogP contribution >= 0.6 is 0 Å². The number of nitrogens with one attached hydrogen (secondary N) is 1. The second-order valence-corrected chi connectivity index (χ2v) is 5.61. The number of anilines is 1. The van der Waals surface area contributed by atoms with Crippen molar-refractivity contribution in [3.8, 4) is 0 Å². The summed E-state index contributed by atoms with van der Waals surface area (Å²) in [5, 5.41) is 3.13. The molecular weight excluding hydrogens is 236 g/mol. The molecule has 0 heterocycles. The minimum Gasteiger partial charge on any atom is -0.378 e. The van der Waals surface area contributed by atoms with Crippen molar-refractivity contribution in [2.24, 2.45) is 0 Å². The summed E-state index contributed by atoms with van der Waals surface area (Å²) in [6, 6.07) is 8.86. The fraction of sp³-hybridized carbons (Fsp3) is 0.562. The first-order valence-electron chi connectivity index (χ1n) is 7.21. The molecule has 0 unspecified atom stereocenters. The van der Waals surface area contributed by atoms with Crippen LogP contribution in [0.4, 0.5) is 5.69 Å². The Morgan fingerprint density at radius 1 is 1.21 bits per heavy atom. The van der Waals surface area contributed by atoms with E-state index in [1.807, 2.05) is 14.1 Å². The normalized spacial score (nSPS) is 15.5. The molecule has 1 fully saturated rings. The zero-order chi connectivity index (χ0) is 13.7. The molecule has 1 amide bonds. The summed E-state index contributed by atoms with van der Waals surface area (Å²) in [6.07, 6.45) is 6.25. The first-order chi connectivity index (χ1) is 9.15. The van der Waals surface area contributed by atoms with Crippen LogP contribution < -0.4 is 10.2 Å². The topological polar surface area (TPSA) is 32.3 Å². The Labute approximate surface area is 116 Å². The third kappa shape index (κ3) is 4.27. The number of carbonyl (C=O) groups excluding carboxylic acids is 1. The van der Waals surface area contributed by atoms with Gasteiger partial charge in [0.25, 0.3) is 0 Å². The van der Waals surface area contributed by atoms with Crippen LogP contribution in [0.25, 0.3) is 0 Å². The van der Waals surface area contributed by atoms with Gasteiger partial charge >= 0.3 is 0 Å². The Morgan fingerprint density at radius 3 is 2.42 bits per heavy atom. The van der Waals surface area contributed by atoms with Gasteiger partial charge in [-0.2, -0.15) is 0 Å². The molecule has 1 aromatic carbocycles. The molecule has 1 aliphatic rings. The maximum Gasteiger partial charge on any atom is 0.220 e. The lowest BCUT2D eigenvalue weighted by Crippen LogP contribution is -2.32. The van der Waals surface area contributed by atoms with Gasteiger partial charge in [-0.15, -0.1) is 0 Å². The molecule has 2 rings (SSSR count). The first-order valence-corrected chi connectivity index (χ1v) is 7.21. The maximum atomic E-state index is 11.8. The van der Waals surface area contributed by atoms with E-state index in [9.17, 15) is 4.79 Å². The lowest BCUT2D eigenvalue weighted by molar-refractivity contribution is -0.121. The van der Waals surface area contributed by atoms with Crippen molar-refractivity contribution in [2.45, 2.75) is 44.6 Å². The highest BCUT2D eigenvalue weighted by atomic mass is 16.1. The quantitative estimate of drug-likeness (QED) is 0.883. The number of nitrogens with zero attached hydrogens (tertiary/aromatic N) is 1. The summed E-state index contributed by atoms with van der Waals surface area (Å²) in [5.74, 6) is 0.198. The maximum absolute atomic E-state index is 11.8. The molecule has 3 nitrogen and oxygen atoms in total. The molecule has 0 radical (unpaired) electrons. The Bertz CT molecular complexity index is 405. The summed E-state index contributed by atoms with van der Waals surface area (Å²) in [7, 11) is 4.06. The lowest BCUT2D eigenvalue weighted by atomic mass is 10.1. The van der Waals surface area contributed by atoms with Crippen molar-refractivity contribution in [1.29, 1.82) is 0 Å². The van der Waals surface area contributed by atoms with Gasteiger partial charge in [-0.25, -0.2) is 0 Å². The van der Waals surface area contributed by atoms with Gasteiger partial charge in [-0.1, -0.05) is 25.0 Å². The molecule has 1 aromatic rings. The Morgan fingerprint density at radius 2 is 1.84 bits per heavy atom. The molecule has 0 spiro atoms. The third-order valence-electron chi connectivity index (χ3n) is 3.81. The SMILES string of the molecule is CN(C)c1ccc(CCC(=O)NC2CCCC2)cc1. The largest absolute Gasteiger partial charge is 0.378 e. The van der Waals surface area contributed by atoms with E-state index in [-0.39, 0.29) is 5.91 Å². The van der Waals surface area contributed by atoms with Crippen LogP contribution in [-0.2, 0) is 11.2 Å². The molecule has 0 saturated heterocycles. The number of carbonyl (C=O) groups is 1. The molecule has 0 aromatic heterocycles. The predicted molar refractivity (Wildman–Crippen MR) is 79.5 cm³/mol. The van der Waals surface area contributed by atoms with E-state index in [2.05, 4.69) is 34.5 Å². The molecule has 1 saturated carbocycles. The monoisotopic (exact) mass is 260 g/mol. The van der Waals surface area contributed by atoms with Crippen LogP contribution in [0.1, 0.15) is 37.7 Å². The number of hydrogen-bond acceptors (Lipinski definition) is 2.